The lowest BCUT2D eigenvalue weighted by atomic mass is 10.1. The number of hydrogen-bond donors (Lipinski definition) is 3. The Morgan fingerprint density at radius 3 is 2.60 bits per heavy atom. The average Bonchev–Trinajstić information content (AvgIpc) is 2.76. The van der Waals surface area contributed by atoms with Crippen molar-refractivity contribution in [3.05, 3.63) is 0 Å². The van der Waals surface area contributed by atoms with Crippen molar-refractivity contribution in [3.8, 4) is 0 Å². The standard InChI is InChI=1S/C12H20N2O5S/c1-7(15)14-6-8(16)5-10(14)11(17)13-9(12(18)19)3-4-20-2/h8-10,16H,3-6H2,1-2H3,(H,13,17)(H,18,19)/t8?,9-,10-/m0/s1. The Morgan fingerprint density at radius 2 is 2.10 bits per heavy atom. The molecule has 114 valence electrons. The zero-order chi connectivity index (χ0) is 15.3. The number of aliphatic carboxylic acids is 1. The third-order valence-corrected chi connectivity index (χ3v) is 3.86. The van der Waals surface area contributed by atoms with Crippen molar-refractivity contribution in [1.82, 2.24) is 10.2 Å². The van der Waals surface area contributed by atoms with E-state index in [0.29, 0.717) is 12.2 Å². The fourth-order valence-electron chi connectivity index (χ4n) is 2.17. The van der Waals surface area contributed by atoms with Gasteiger partial charge in [0, 0.05) is 19.9 Å². The van der Waals surface area contributed by atoms with Gasteiger partial charge in [-0.05, 0) is 18.4 Å². The van der Waals surface area contributed by atoms with E-state index in [0.717, 1.165) is 0 Å². The highest BCUT2D eigenvalue weighted by Gasteiger charge is 2.38. The minimum absolute atomic E-state index is 0.107. The Hall–Kier alpha value is -1.28. The molecule has 1 heterocycles. The highest BCUT2D eigenvalue weighted by atomic mass is 32.2. The van der Waals surface area contributed by atoms with E-state index < -0.39 is 30.1 Å². The fourth-order valence-corrected chi connectivity index (χ4v) is 2.64. The van der Waals surface area contributed by atoms with Gasteiger partial charge in [-0.25, -0.2) is 4.79 Å². The summed E-state index contributed by atoms with van der Waals surface area (Å²) >= 11 is 1.49. The topological polar surface area (TPSA) is 107 Å². The molecule has 0 spiro atoms. The van der Waals surface area contributed by atoms with Crippen molar-refractivity contribution in [2.24, 2.45) is 0 Å². The predicted molar refractivity (Wildman–Crippen MR) is 74.4 cm³/mol. The number of nitrogens with one attached hydrogen (secondary N) is 1. The molecule has 1 rings (SSSR count). The van der Waals surface area contributed by atoms with Crippen molar-refractivity contribution in [1.29, 1.82) is 0 Å². The Kier molecular flexibility index (Phi) is 6.28. The van der Waals surface area contributed by atoms with Gasteiger partial charge in [-0.2, -0.15) is 11.8 Å². The molecule has 2 amide bonds. The first-order valence-corrected chi connectivity index (χ1v) is 7.73. The number of carboxylic acids is 1. The minimum Gasteiger partial charge on any atom is -0.480 e. The van der Waals surface area contributed by atoms with Gasteiger partial charge in [0.25, 0.3) is 0 Å². The number of carbonyl (C=O) groups is 3. The summed E-state index contributed by atoms with van der Waals surface area (Å²) in [5, 5.41) is 21.1. The molecule has 3 atom stereocenters. The number of β-amino-alcohol motifs (C(OH)–C–C–N with tert-alkyl or cyclic N) is 1. The molecule has 1 saturated heterocycles. The van der Waals surface area contributed by atoms with Crippen molar-refractivity contribution in [2.75, 3.05) is 18.6 Å². The maximum absolute atomic E-state index is 12.1. The van der Waals surface area contributed by atoms with Crippen LogP contribution in [0, 0.1) is 0 Å². The van der Waals surface area contributed by atoms with Crippen LogP contribution in [0.15, 0.2) is 0 Å². The number of thioether (sulfide) groups is 1. The van der Waals surface area contributed by atoms with Gasteiger partial charge < -0.3 is 20.4 Å². The number of carboxylic acid groups (broad SMARTS) is 1. The lowest BCUT2D eigenvalue weighted by molar-refractivity contribution is -0.143. The molecule has 0 aromatic heterocycles. The lowest BCUT2D eigenvalue weighted by Gasteiger charge is -2.24. The van der Waals surface area contributed by atoms with E-state index in [-0.39, 0.29) is 18.9 Å². The molecule has 7 nitrogen and oxygen atoms in total. The molecule has 0 radical (unpaired) electrons. The van der Waals surface area contributed by atoms with Gasteiger partial charge in [0.15, 0.2) is 0 Å². The second kappa shape index (κ2) is 7.49. The predicted octanol–water partition coefficient (Wildman–Crippen LogP) is -0.709. The average molecular weight is 304 g/mol. The number of carbonyl (C=O) groups excluding carboxylic acids is 2. The molecule has 8 heteroatoms. The van der Waals surface area contributed by atoms with Crippen molar-refractivity contribution >= 4 is 29.5 Å². The zero-order valence-corrected chi connectivity index (χ0v) is 12.4. The second-order valence-corrected chi connectivity index (χ2v) is 5.74. The highest BCUT2D eigenvalue weighted by molar-refractivity contribution is 7.98. The number of likely N-dealkylation sites (tertiary alicyclic amines) is 1. The molecule has 1 aliphatic heterocycles. The number of aliphatic hydroxyl groups is 1. The summed E-state index contributed by atoms with van der Waals surface area (Å²) in [6.07, 6.45) is 1.56. The molecule has 0 aromatic rings. The van der Waals surface area contributed by atoms with E-state index >= 15 is 0 Å². The van der Waals surface area contributed by atoms with E-state index in [1.165, 1.54) is 23.6 Å². The van der Waals surface area contributed by atoms with Crippen LogP contribution >= 0.6 is 11.8 Å². The van der Waals surface area contributed by atoms with Crippen LogP contribution < -0.4 is 5.32 Å². The van der Waals surface area contributed by atoms with E-state index in [1.807, 2.05) is 6.26 Å². The van der Waals surface area contributed by atoms with Gasteiger partial charge in [-0.1, -0.05) is 0 Å². The van der Waals surface area contributed by atoms with Gasteiger partial charge in [-0.3, -0.25) is 9.59 Å². The minimum atomic E-state index is -1.10. The van der Waals surface area contributed by atoms with Gasteiger partial charge >= 0.3 is 5.97 Å². The summed E-state index contributed by atoms with van der Waals surface area (Å²) in [5.74, 6) is -1.32. The second-order valence-electron chi connectivity index (χ2n) is 4.76. The number of amides is 2. The summed E-state index contributed by atoms with van der Waals surface area (Å²) in [6.45, 7) is 1.43. The highest BCUT2D eigenvalue weighted by Crippen LogP contribution is 2.18. The van der Waals surface area contributed by atoms with Crippen LogP contribution in [0.4, 0.5) is 0 Å². The molecule has 0 bridgehead atoms. The molecule has 1 fully saturated rings. The van der Waals surface area contributed by atoms with Crippen LogP contribution in [0.5, 0.6) is 0 Å². The number of nitrogens with zero attached hydrogens (tertiary/aromatic N) is 1. The molecule has 0 aromatic carbocycles. The molecule has 0 aliphatic carbocycles. The monoisotopic (exact) mass is 304 g/mol. The molecular formula is C12H20N2O5S. The first kappa shape index (κ1) is 16.8. The van der Waals surface area contributed by atoms with Gasteiger partial charge in [0.05, 0.1) is 6.10 Å². The zero-order valence-electron chi connectivity index (χ0n) is 11.5. The Morgan fingerprint density at radius 1 is 1.45 bits per heavy atom. The summed E-state index contributed by atoms with van der Waals surface area (Å²) in [6, 6.07) is -1.76. The van der Waals surface area contributed by atoms with Crippen molar-refractivity contribution in [2.45, 2.75) is 38.0 Å². The van der Waals surface area contributed by atoms with Crippen molar-refractivity contribution < 1.29 is 24.6 Å². The normalized spacial score (nSPS) is 23.4. The first-order valence-electron chi connectivity index (χ1n) is 6.34. The fraction of sp³-hybridized carbons (Fsp3) is 0.750. The summed E-state index contributed by atoms with van der Waals surface area (Å²) in [4.78, 5) is 35.9. The van der Waals surface area contributed by atoms with Gasteiger partial charge in [0.1, 0.15) is 12.1 Å². The van der Waals surface area contributed by atoms with Crippen LogP contribution in [-0.4, -0.2) is 69.6 Å². The van der Waals surface area contributed by atoms with Crippen LogP contribution in [0.1, 0.15) is 19.8 Å². The molecule has 1 unspecified atom stereocenters. The third-order valence-electron chi connectivity index (χ3n) is 3.21. The Labute approximate surface area is 121 Å². The largest absolute Gasteiger partial charge is 0.480 e. The summed E-state index contributed by atoms with van der Waals surface area (Å²) in [7, 11) is 0. The van der Waals surface area contributed by atoms with Crippen LogP contribution in [-0.2, 0) is 14.4 Å². The third kappa shape index (κ3) is 4.38. The Balaban J connectivity index is 2.67. The summed E-state index contributed by atoms with van der Waals surface area (Å²) in [5.41, 5.74) is 0. The van der Waals surface area contributed by atoms with Gasteiger partial charge in [-0.15, -0.1) is 0 Å². The lowest BCUT2D eigenvalue weighted by Crippen LogP contribution is -2.50. The van der Waals surface area contributed by atoms with Crippen LogP contribution in [0.25, 0.3) is 0 Å². The van der Waals surface area contributed by atoms with E-state index in [9.17, 15) is 19.5 Å². The maximum atomic E-state index is 12.1. The van der Waals surface area contributed by atoms with Crippen molar-refractivity contribution in [3.63, 3.8) is 0 Å². The van der Waals surface area contributed by atoms with Gasteiger partial charge in [0.2, 0.25) is 11.8 Å². The van der Waals surface area contributed by atoms with Crippen LogP contribution in [0.3, 0.4) is 0 Å². The quantitative estimate of drug-likeness (QED) is 0.598. The molecule has 20 heavy (non-hydrogen) atoms. The SMILES string of the molecule is CSCC[C@H](NC(=O)[C@@H]1CC(O)CN1C(C)=O)C(=O)O. The van der Waals surface area contributed by atoms with E-state index in [1.54, 1.807) is 0 Å². The van der Waals surface area contributed by atoms with E-state index in [2.05, 4.69) is 5.32 Å². The molecule has 0 saturated carbocycles. The Bertz CT molecular complexity index is 390. The number of hydrogen-bond acceptors (Lipinski definition) is 5. The summed E-state index contributed by atoms with van der Waals surface area (Å²) < 4.78 is 0. The molecular weight excluding hydrogens is 284 g/mol. The smallest absolute Gasteiger partial charge is 0.326 e. The number of aliphatic hydroxyl groups excluding tert-OH is 1. The van der Waals surface area contributed by atoms with E-state index in [4.69, 9.17) is 5.11 Å². The molecule has 3 N–H and O–H groups in total. The van der Waals surface area contributed by atoms with Crippen LogP contribution in [0.2, 0.25) is 0 Å². The number of rotatable bonds is 6. The first-order chi connectivity index (χ1) is 9.36. The molecule has 1 aliphatic rings. The maximum Gasteiger partial charge on any atom is 0.326 e.